The first-order valence-electron chi connectivity index (χ1n) is 5.57. The number of nitrogens with two attached hydrogens (primary N) is 1. The average molecular weight is 214 g/mol. The fourth-order valence-corrected chi connectivity index (χ4v) is 2.02. The first-order chi connectivity index (χ1) is 6.87. The number of nitrogens with zero attached hydrogens (tertiary/aromatic N) is 1. The van der Waals surface area contributed by atoms with Gasteiger partial charge in [0.25, 0.3) is 0 Å². The smallest absolute Gasteiger partial charge is 0.405 e. The molecule has 4 nitrogen and oxygen atoms in total. The molecule has 0 aromatic rings. The van der Waals surface area contributed by atoms with Gasteiger partial charge < -0.3 is 15.4 Å². The minimum Gasteiger partial charge on any atom is -0.444 e. The number of carbonyl (C=O) groups is 1. The molecule has 0 atom stereocenters. The molecule has 0 aliphatic carbocycles. The fourth-order valence-electron chi connectivity index (χ4n) is 2.02. The number of hydrogen-bond acceptors (Lipinski definition) is 3. The highest BCUT2D eigenvalue weighted by Gasteiger charge is 2.28. The van der Waals surface area contributed by atoms with Gasteiger partial charge in [-0.1, -0.05) is 0 Å². The molecule has 0 radical (unpaired) electrons. The maximum Gasteiger partial charge on any atom is 0.405 e. The lowest BCUT2D eigenvalue weighted by atomic mass is 10.1. The van der Waals surface area contributed by atoms with Crippen LogP contribution in [0.2, 0.25) is 0 Å². The highest BCUT2D eigenvalue weighted by molar-refractivity contribution is 5.65. The SMILES string of the molecule is C1CN2CCC1C2.CC(C)(C)OC(N)=O. The molecule has 2 N–H and O–H groups in total. The summed E-state index contributed by atoms with van der Waals surface area (Å²) >= 11 is 0. The van der Waals surface area contributed by atoms with Crippen molar-refractivity contribution in [3.8, 4) is 0 Å². The Morgan fingerprint density at radius 1 is 1.33 bits per heavy atom. The van der Waals surface area contributed by atoms with Gasteiger partial charge in [-0.15, -0.1) is 0 Å². The Hall–Kier alpha value is -0.770. The topological polar surface area (TPSA) is 55.6 Å². The van der Waals surface area contributed by atoms with Crippen LogP contribution in [0.1, 0.15) is 33.6 Å². The van der Waals surface area contributed by atoms with Crippen molar-refractivity contribution in [2.75, 3.05) is 19.6 Å². The van der Waals surface area contributed by atoms with Gasteiger partial charge >= 0.3 is 6.09 Å². The lowest BCUT2D eigenvalue weighted by Gasteiger charge is -2.16. The van der Waals surface area contributed by atoms with Gasteiger partial charge in [0.05, 0.1) is 0 Å². The van der Waals surface area contributed by atoms with Crippen LogP contribution < -0.4 is 5.73 Å². The van der Waals surface area contributed by atoms with E-state index in [0.717, 1.165) is 5.92 Å². The molecule has 2 bridgehead atoms. The van der Waals surface area contributed by atoms with Crippen molar-refractivity contribution in [2.45, 2.75) is 39.2 Å². The fraction of sp³-hybridized carbons (Fsp3) is 0.909. The van der Waals surface area contributed by atoms with Gasteiger partial charge in [0.2, 0.25) is 0 Å². The van der Waals surface area contributed by atoms with Crippen LogP contribution in [0.15, 0.2) is 0 Å². The number of hydrogen-bond donors (Lipinski definition) is 1. The molecule has 2 fully saturated rings. The van der Waals surface area contributed by atoms with Gasteiger partial charge in [0.1, 0.15) is 5.60 Å². The van der Waals surface area contributed by atoms with E-state index < -0.39 is 11.7 Å². The quantitative estimate of drug-likeness (QED) is 0.666. The summed E-state index contributed by atoms with van der Waals surface area (Å²) < 4.78 is 4.58. The van der Waals surface area contributed by atoms with E-state index in [1.807, 2.05) is 0 Å². The highest BCUT2D eigenvalue weighted by Crippen LogP contribution is 2.26. The Kier molecular flexibility index (Phi) is 3.97. The molecule has 0 aromatic heterocycles. The maximum atomic E-state index is 10.0. The molecule has 2 saturated heterocycles. The van der Waals surface area contributed by atoms with E-state index in [4.69, 9.17) is 5.73 Å². The first kappa shape index (κ1) is 12.3. The molecule has 15 heavy (non-hydrogen) atoms. The molecule has 0 saturated carbocycles. The Morgan fingerprint density at radius 2 is 1.87 bits per heavy atom. The molecule has 2 aliphatic heterocycles. The number of amides is 1. The summed E-state index contributed by atoms with van der Waals surface area (Å²) in [5, 5.41) is 0. The zero-order chi connectivity index (χ0) is 11.5. The van der Waals surface area contributed by atoms with Crippen LogP contribution in [0.3, 0.4) is 0 Å². The number of piperidine rings is 1. The summed E-state index contributed by atoms with van der Waals surface area (Å²) in [5.74, 6) is 1.10. The molecule has 1 amide bonds. The van der Waals surface area contributed by atoms with Gasteiger partial charge in [-0.3, -0.25) is 0 Å². The van der Waals surface area contributed by atoms with Crippen molar-refractivity contribution in [1.82, 2.24) is 4.90 Å². The van der Waals surface area contributed by atoms with Gasteiger partial charge in [-0.2, -0.15) is 0 Å². The van der Waals surface area contributed by atoms with Crippen LogP contribution in [0.4, 0.5) is 4.79 Å². The minimum absolute atomic E-state index is 0.453. The van der Waals surface area contributed by atoms with Crippen molar-refractivity contribution in [3.05, 3.63) is 0 Å². The van der Waals surface area contributed by atoms with E-state index in [0.29, 0.717) is 0 Å². The average Bonchev–Trinajstić information content (AvgIpc) is 2.61. The molecule has 2 aliphatic rings. The Bertz CT molecular complexity index is 205. The second-order valence-electron chi connectivity index (χ2n) is 5.28. The summed E-state index contributed by atoms with van der Waals surface area (Å²) in [4.78, 5) is 12.6. The molecule has 2 heterocycles. The van der Waals surface area contributed by atoms with Crippen LogP contribution >= 0.6 is 0 Å². The predicted molar refractivity (Wildman–Crippen MR) is 59.6 cm³/mol. The largest absolute Gasteiger partial charge is 0.444 e. The standard InChI is InChI=1S/C6H11N.C5H11NO2/c1-3-7-4-2-6(1)5-7;1-5(2,3)8-4(6)7/h6H,1-5H2;1-3H3,(H2,6,7). The highest BCUT2D eigenvalue weighted by atomic mass is 16.6. The number of primary amides is 1. The number of carbonyl (C=O) groups excluding carboxylic acids is 1. The third-order valence-corrected chi connectivity index (χ3v) is 2.63. The lowest BCUT2D eigenvalue weighted by Crippen LogP contribution is -2.27. The molecule has 4 heteroatoms. The third kappa shape index (κ3) is 5.02. The Labute approximate surface area is 91.8 Å². The van der Waals surface area contributed by atoms with Crippen molar-refractivity contribution >= 4 is 6.09 Å². The maximum absolute atomic E-state index is 10.0. The van der Waals surface area contributed by atoms with Gasteiger partial charge in [0.15, 0.2) is 0 Å². The molecule has 0 spiro atoms. The molecular formula is C11H22N2O2. The van der Waals surface area contributed by atoms with Crippen LogP contribution in [-0.2, 0) is 4.74 Å². The predicted octanol–water partition coefficient (Wildman–Crippen LogP) is 1.59. The van der Waals surface area contributed by atoms with Crippen LogP contribution in [-0.4, -0.2) is 36.2 Å². The lowest BCUT2D eigenvalue weighted by molar-refractivity contribution is 0.0600. The number of rotatable bonds is 0. The van der Waals surface area contributed by atoms with Gasteiger partial charge in [0, 0.05) is 6.54 Å². The van der Waals surface area contributed by atoms with Crippen molar-refractivity contribution in [2.24, 2.45) is 11.7 Å². The van der Waals surface area contributed by atoms with Gasteiger partial charge in [-0.25, -0.2) is 4.79 Å². The normalized spacial score (nSPS) is 28.2. The summed E-state index contributed by atoms with van der Waals surface area (Å²) in [5.41, 5.74) is 4.26. The van der Waals surface area contributed by atoms with Crippen molar-refractivity contribution in [1.29, 1.82) is 0 Å². The van der Waals surface area contributed by atoms with E-state index in [9.17, 15) is 4.79 Å². The van der Waals surface area contributed by atoms with E-state index in [2.05, 4.69) is 9.64 Å². The Balaban J connectivity index is 0.000000150. The zero-order valence-corrected chi connectivity index (χ0v) is 9.95. The first-order valence-corrected chi connectivity index (χ1v) is 5.57. The van der Waals surface area contributed by atoms with Crippen LogP contribution in [0.5, 0.6) is 0 Å². The molecule has 0 aromatic carbocycles. The van der Waals surface area contributed by atoms with E-state index in [1.54, 1.807) is 20.8 Å². The van der Waals surface area contributed by atoms with Crippen molar-refractivity contribution in [3.63, 3.8) is 0 Å². The third-order valence-electron chi connectivity index (χ3n) is 2.63. The second kappa shape index (κ2) is 4.84. The van der Waals surface area contributed by atoms with E-state index in [-0.39, 0.29) is 0 Å². The van der Waals surface area contributed by atoms with Crippen LogP contribution in [0, 0.1) is 5.92 Å². The molecular weight excluding hydrogens is 192 g/mol. The minimum atomic E-state index is -0.725. The number of fused-ring (bicyclic) bond motifs is 2. The van der Waals surface area contributed by atoms with Crippen molar-refractivity contribution < 1.29 is 9.53 Å². The second-order valence-corrected chi connectivity index (χ2v) is 5.28. The zero-order valence-electron chi connectivity index (χ0n) is 9.95. The molecule has 88 valence electrons. The molecule has 2 rings (SSSR count). The molecule has 0 unspecified atom stereocenters. The van der Waals surface area contributed by atoms with Crippen LogP contribution in [0.25, 0.3) is 0 Å². The monoisotopic (exact) mass is 214 g/mol. The summed E-state index contributed by atoms with van der Waals surface area (Å²) in [6.07, 6.45) is 2.25. The summed E-state index contributed by atoms with van der Waals surface area (Å²) in [6.45, 7) is 9.49. The van der Waals surface area contributed by atoms with E-state index >= 15 is 0 Å². The Morgan fingerprint density at radius 3 is 1.93 bits per heavy atom. The van der Waals surface area contributed by atoms with Gasteiger partial charge in [-0.05, 0) is 52.6 Å². The number of ether oxygens (including phenoxy) is 1. The summed E-state index contributed by atoms with van der Waals surface area (Å²) in [7, 11) is 0. The summed E-state index contributed by atoms with van der Waals surface area (Å²) in [6, 6.07) is 0. The van der Waals surface area contributed by atoms with E-state index in [1.165, 1.54) is 32.5 Å².